The van der Waals surface area contributed by atoms with Gasteiger partial charge in [0.25, 0.3) is 0 Å². The first-order valence-electron chi connectivity index (χ1n) is 19.1. The maximum atomic E-state index is 2.52. The molecular weight excluding hydrogens is 653 g/mol. The van der Waals surface area contributed by atoms with E-state index < -0.39 is 0 Å². The summed E-state index contributed by atoms with van der Waals surface area (Å²) in [5.74, 6) is 0. The average molecular weight is 691 g/mol. The normalized spacial score (nSPS) is 12.5. The van der Waals surface area contributed by atoms with Crippen LogP contribution in [0.25, 0.3) is 88.4 Å². The van der Waals surface area contributed by atoms with Crippen LogP contribution < -0.4 is 0 Å². The van der Waals surface area contributed by atoms with E-state index in [1.807, 2.05) is 0 Å². The van der Waals surface area contributed by atoms with Gasteiger partial charge < -0.3 is 9.13 Å². The van der Waals surface area contributed by atoms with E-state index in [1.165, 1.54) is 111 Å². The van der Waals surface area contributed by atoms with Gasteiger partial charge in [-0.3, -0.25) is 0 Å². The van der Waals surface area contributed by atoms with Gasteiger partial charge in [-0.25, -0.2) is 0 Å². The molecule has 0 N–H and O–H groups in total. The Morgan fingerprint density at radius 2 is 0.907 bits per heavy atom. The smallest absolute Gasteiger partial charge is 0.0579 e. The topological polar surface area (TPSA) is 9.86 Å². The van der Waals surface area contributed by atoms with Crippen molar-refractivity contribution in [2.75, 3.05) is 0 Å². The summed E-state index contributed by atoms with van der Waals surface area (Å²) in [6.45, 7) is 4.41. The Morgan fingerprint density at radius 1 is 0.370 bits per heavy atom. The van der Waals surface area contributed by atoms with E-state index in [2.05, 4.69) is 193 Å². The standard InChI is InChI=1S/C52H38N2/c1-33-13-9-11-19-40(33)35-23-28-50-46(29-35)44-26-25-42-43(52(44)54(50)39-17-7-4-8-18-39)24-21-37-31-48-47-30-36(41-20-12-10-14-34(41)2)22-27-49(47)53(51(48)32-45(37)42)38-15-5-3-6-16-38/h3-20,22-23,25-32H,21,24H2,1-2H3. The molecule has 8 aromatic carbocycles. The molecule has 10 aromatic rings. The second kappa shape index (κ2) is 11.9. The molecule has 0 aliphatic heterocycles. The molecule has 0 atom stereocenters. The molecule has 2 heteroatoms. The molecule has 0 radical (unpaired) electrons. The van der Waals surface area contributed by atoms with Gasteiger partial charge in [-0.15, -0.1) is 0 Å². The van der Waals surface area contributed by atoms with Crippen LogP contribution in [0, 0.1) is 13.8 Å². The lowest BCUT2D eigenvalue weighted by atomic mass is 9.83. The van der Waals surface area contributed by atoms with Crippen molar-refractivity contribution in [1.82, 2.24) is 9.13 Å². The molecule has 1 aliphatic rings. The molecule has 2 heterocycles. The average Bonchev–Trinajstić information content (AvgIpc) is 3.72. The first kappa shape index (κ1) is 30.9. The van der Waals surface area contributed by atoms with Crippen molar-refractivity contribution in [2.45, 2.75) is 26.7 Å². The lowest BCUT2D eigenvalue weighted by Gasteiger charge is -2.23. The lowest BCUT2D eigenvalue weighted by Crippen LogP contribution is -2.07. The number of aromatic nitrogens is 2. The molecule has 256 valence electrons. The van der Waals surface area contributed by atoms with Gasteiger partial charge in [0.1, 0.15) is 0 Å². The van der Waals surface area contributed by atoms with Gasteiger partial charge in [-0.2, -0.15) is 0 Å². The van der Waals surface area contributed by atoms with Gasteiger partial charge >= 0.3 is 0 Å². The van der Waals surface area contributed by atoms with Crippen molar-refractivity contribution in [3.63, 3.8) is 0 Å². The van der Waals surface area contributed by atoms with Crippen LogP contribution >= 0.6 is 0 Å². The van der Waals surface area contributed by atoms with Gasteiger partial charge in [0.05, 0.1) is 22.1 Å². The highest BCUT2D eigenvalue weighted by Crippen LogP contribution is 2.46. The molecule has 11 rings (SSSR count). The highest BCUT2D eigenvalue weighted by molar-refractivity contribution is 6.15. The van der Waals surface area contributed by atoms with Gasteiger partial charge in [0.15, 0.2) is 0 Å². The van der Waals surface area contributed by atoms with E-state index in [0.29, 0.717) is 0 Å². The number of fused-ring (bicyclic) bond motifs is 10. The Kier molecular flexibility index (Phi) is 6.84. The van der Waals surface area contributed by atoms with Crippen molar-refractivity contribution < 1.29 is 0 Å². The largest absolute Gasteiger partial charge is 0.309 e. The summed E-state index contributed by atoms with van der Waals surface area (Å²) in [6.07, 6.45) is 1.99. The van der Waals surface area contributed by atoms with Crippen LogP contribution in [0.5, 0.6) is 0 Å². The molecule has 0 spiro atoms. The number of benzene rings is 8. The van der Waals surface area contributed by atoms with Crippen LogP contribution in [-0.2, 0) is 12.8 Å². The maximum Gasteiger partial charge on any atom is 0.0579 e. The molecule has 2 aromatic heterocycles. The molecule has 0 fully saturated rings. The van der Waals surface area contributed by atoms with E-state index in [1.54, 1.807) is 0 Å². The zero-order valence-electron chi connectivity index (χ0n) is 30.5. The maximum absolute atomic E-state index is 2.52. The first-order chi connectivity index (χ1) is 26.6. The number of para-hydroxylation sites is 2. The Bertz CT molecular complexity index is 3050. The van der Waals surface area contributed by atoms with Gasteiger partial charge in [-0.1, -0.05) is 109 Å². The summed E-state index contributed by atoms with van der Waals surface area (Å²) >= 11 is 0. The minimum atomic E-state index is 0.991. The van der Waals surface area contributed by atoms with E-state index in [4.69, 9.17) is 0 Å². The minimum Gasteiger partial charge on any atom is -0.309 e. The third-order valence-electron chi connectivity index (χ3n) is 11.9. The summed E-state index contributed by atoms with van der Waals surface area (Å²) in [4.78, 5) is 0. The van der Waals surface area contributed by atoms with Crippen LogP contribution in [0.3, 0.4) is 0 Å². The highest BCUT2D eigenvalue weighted by Gasteiger charge is 2.25. The fourth-order valence-corrected chi connectivity index (χ4v) is 9.34. The fraction of sp³-hybridized carbons (Fsp3) is 0.0769. The number of rotatable bonds is 4. The van der Waals surface area contributed by atoms with Crippen LogP contribution in [0.1, 0.15) is 22.3 Å². The molecule has 0 saturated carbocycles. The van der Waals surface area contributed by atoms with Crippen molar-refractivity contribution in [3.05, 3.63) is 192 Å². The molecule has 0 unspecified atom stereocenters. The van der Waals surface area contributed by atoms with Crippen LogP contribution in [-0.4, -0.2) is 9.13 Å². The van der Waals surface area contributed by atoms with E-state index in [-0.39, 0.29) is 0 Å². The summed E-state index contributed by atoms with van der Waals surface area (Å²) in [5, 5.41) is 5.23. The monoisotopic (exact) mass is 690 g/mol. The summed E-state index contributed by atoms with van der Waals surface area (Å²) in [6, 6.07) is 63.1. The second-order valence-electron chi connectivity index (χ2n) is 14.9. The van der Waals surface area contributed by atoms with Crippen molar-refractivity contribution in [2.24, 2.45) is 0 Å². The van der Waals surface area contributed by atoms with Crippen molar-refractivity contribution in [3.8, 4) is 44.8 Å². The first-order valence-corrected chi connectivity index (χ1v) is 19.1. The molecule has 0 amide bonds. The van der Waals surface area contributed by atoms with Crippen molar-refractivity contribution >= 4 is 43.6 Å². The number of aryl methyl sites for hydroxylation is 4. The molecule has 0 saturated heterocycles. The highest BCUT2D eigenvalue weighted by atomic mass is 15.0. The molecular formula is C52H38N2. The predicted octanol–water partition coefficient (Wildman–Crippen LogP) is 13.6. The number of nitrogens with zero attached hydrogens (tertiary/aromatic N) is 2. The van der Waals surface area contributed by atoms with Crippen molar-refractivity contribution in [1.29, 1.82) is 0 Å². The van der Waals surface area contributed by atoms with Crippen LogP contribution in [0.2, 0.25) is 0 Å². The Balaban J connectivity index is 1.18. The third-order valence-corrected chi connectivity index (χ3v) is 11.9. The van der Waals surface area contributed by atoms with Gasteiger partial charge in [0.2, 0.25) is 0 Å². The van der Waals surface area contributed by atoms with Crippen LogP contribution in [0.15, 0.2) is 170 Å². The Hall–Kier alpha value is -6.64. The fourth-order valence-electron chi connectivity index (χ4n) is 9.34. The minimum absolute atomic E-state index is 0.991. The zero-order valence-corrected chi connectivity index (χ0v) is 30.5. The van der Waals surface area contributed by atoms with E-state index in [9.17, 15) is 0 Å². The third kappa shape index (κ3) is 4.60. The molecule has 54 heavy (non-hydrogen) atoms. The molecule has 1 aliphatic carbocycles. The van der Waals surface area contributed by atoms with E-state index >= 15 is 0 Å². The van der Waals surface area contributed by atoms with Gasteiger partial charge in [0, 0.05) is 32.9 Å². The zero-order chi connectivity index (χ0) is 35.9. The van der Waals surface area contributed by atoms with Gasteiger partial charge in [-0.05, 0) is 143 Å². The lowest BCUT2D eigenvalue weighted by molar-refractivity contribution is 0.944. The summed E-state index contributed by atoms with van der Waals surface area (Å²) in [7, 11) is 0. The molecule has 2 nitrogen and oxygen atoms in total. The summed E-state index contributed by atoms with van der Waals surface area (Å²) in [5.41, 5.74) is 20.7. The van der Waals surface area contributed by atoms with E-state index in [0.717, 1.165) is 12.8 Å². The van der Waals surface area contributed by atoms with Crippen LogP contribution in [0.4, 0.5) is 0 Å². The molecule has 0 bridgehead atoms. The number of hydrogen-bond acceptors (Lipinski definition) is 0. The summed E-state index contributed by atoms with van der Waals surface area (Å²) < 4.78 is 4.98. The predicted molar refractivity (Wildman–Crippen MR) is 228 cm³/mol. The second-order valence-corrected chi connectivity index (χ2v) is 14.9. The quantitative estimate of drug-likeness (QED) is 0.174. The Labute approximate surface area is 315 Å². The number of hydrogen-bond donors (Lipinski definition) is 0. The SMILES string of the molecule is Cc1ccccc1-c1ccc2c(c1)c1cc3c(cc1n2-c1ccccc1)-c1ccc2c4cc(-c5ccccc5C)ccc4n(-c4ccccc4)c2c1CC3. The Morgan fingerprint density at radius 3 is 1.54 bits per heavy atom.